The molecule has 28 heavy (non-hydrogen) atoms. The number of carbonyl (C=O) groups is 1. The fraction of sp³-hybridized carbons (Fsp3) is 0.136. The van der Waals surface area contributed by atoms with Gasteiger partial charge >= 0.3 is 5.97 Å². The van der Waals surface area contributed by atoms with Crippen LogP contribution in [-0.4, -0.2) is 29.8 Å². The maximum absolute atomic E-state index is 11.4. The van der Waals surface area contributed by atoms with E-state index in [-0.39, 0.29) is 5.56 Å². The first kappa shape index (κ1) is 18.9. The van der Waals surface area contributed by atoms with E-state index in [1.165, 1.54) is 12.3 Å². The first-order valence-corrected chi connectivity index (χ1v) is 8.61. The SMILES string of the molecule is COc1ccc(CCOc2ccc(-c3ncccc3C(=O)O)cc2C#N)cc1. The van der Waals surface area contributed by atoms with Gasteiger partial charge in [0.15, 0.2) is 0 Å². The number of benzene rings is 2. The summed E-state index contributed by atoms with van der Waals surface area (Å²) in [6.07, 6.45) is 2.20. The molecule has 0 saturated carbocycles. The van der Waals surface area contributed by atoms with Gasteiger partial charge in [0.05, 0.1) is 30.5 Å². The van der Waals surface area contributed by atoms with Gasteiger partial charge in [-0.15, -0.1) is 0 Å². The minimum absolute atomic E-state index is 0.0829. The Hall–Kier alpha value is -3.85. The zero-order chi connectivity index (χ0) is 19.9. The molecule has 6 heteroatoms. The van der Waals surface area contributed by atoms with Crippen LogP contribution in [0.1, 0.15) is 21.5 Å². The standard InChI is InChI=1S/C22H18N2O4/c1-27-18-7-4-15(5-8-18)10-12-28-20-9-6-16(13-17(20)14-23)21-19(22(25)26)3-2-11-24-21/h2-9,11,13H,10,12H2,1H3,(H,25,26). The fourth-order valence-corrected chi connectivity index (χ4v) is 2.77. The van der Waals surface area contributed by atoms with E-state index in [4.69, 9.17) is 9.47 Å². The van der Waals surface area contributed by atoms with Crippen molar-refractivity contribution in [2.45, 2.75) is 6.42 Å². The zero-order valence-electron chi connectivity index (χ0n) is 15.3. The van der Waals surface area contributed by atoms with Crippen LogP contribution < -0.4 is 9.47 Å². The first-order chi connectivity index (χ1) is 13.6. The summed E-state index contributed by atoms with van der Waals surface area (Å²) in [5, 5.41) is 18.8. The average molecular weight is 374 g/mol. The number of aromatic nitrogens is 1. The van der Waals surface area contributed by atoms with E-state index in [1.54, 1.807) is 31.4 Å². The van der Waals surface area contributed by atoms with Crippen LogP contribution >= 0.6 is 0 Å². The first-order valence-electron chi connectivity index (χ1n) is 8.61. The molecule has 1 heterocycles. The van der Waals surface area contributed by atoms with Crippen molar-refractivity contribution in [1.29, 1.82) is 5.26 Å². The number of ether oxygens (including phenoxy) is 2. The Balaban J connectivity index is 1.75. The van der Waals surface area contributed by atoms with Gasteiger partial charge in [-0.05, 0) is 48.0 Å². The lowest BCUT2D eigenvalue weighted by molar-refractivity contribution is 0.0697. The quantitative estimate of drug-likeness (QED) is 0.673. The van der Waals surface area contributed by atoms with Crippen molar-refractivity contribution in [2.24, 2.45) is 0 Å². The van der Waals surface area contributed by atoms with Crippen LogP contribution in [0.4, 0.5) is 0 Å². The minimum atomic E-state index is -1.07. The maximum Gasteiger partial charge on any atom is 0.337 e. The zero-order valence-corrected chi connectivity index (χ0v) is 15.3. The Morgan fingerprint density at radius 1 is 1.18 bits per heavy atom. The molecule has 3 aromatic rings. The van der Waals surface area contributed by atoms with E-state index in [2.05, 4.69) is 11.1 Å². The van der Waals surface area contributed by atoms with E-state index in [9.17, 15) is 15.2 Å². The summed E-state index contributed by atoms with van der Waals surface area (Å²) in [5.41, 5.74) is 2.37. The van der Waals surface area contributed by atoms with Crippen molar-refractivity contribution in [1.82, 2.24) is 4.98 Å². The Morgan fingerprint density at radius 2 is 1.96 bits per heavy atom. The number of carboxylic acid groups (broad SMARTS) is 1. The number of hydrogen-bond donors (Lipinski definition) is 1. The monoisotopic (exact) mass is 374 g/mol. The summed E-state index contributed by atoms with van der Waals surface area (Å²) in [4.78, 5) is 15.5. The highest BCUT2D eigenvalue weighted by molar-refractivity contribution is 5.94. The van der Waals surface area contributed by atoms with Gasteiger partial charge in [0, 0.05) is 18.2 Å². The van der Waals surface area contributed by atoms with E-state index in [0.717, 1.165) is 11.3 Å². The third-order valence-electron chi connectivity index (χ3n) is 4.22. The van der Waals surface area contributed by atoms with Crippen molar-refractivity contribution in [3.63, 3.8) is 0 Å². The normalized spacial score (nSPS) is 10.1. The van der Waals surface area contributed by atoms with Crippen LogP contribution in [-0.2, 0) is 6.42 Å². The van der Waals surface area contributed by atoms with E-state index in [0.29, 0.717) is 35.6 Å². The van der Waals surface area contributed by atoms with Crippen molar-refractivity contribution in [2.75, 3.05) is 13.7 Å². The molecule has 0 unspecified atom stereocenters. The number of aromatic carboxylic acids is 1. The second kappa shape index (κ2) is 8.69. The molecule has 1 aromatic heterocycles. The van der Waals surface area contributed by atoms with Gasteiger partial charge in [-0.3, -0.25) is 4.98 Å². The van der Waals surface area contributed by atoms with Gasteiger partial charge in [0.25, 0.3) is 0 Å². The topological polar surface area (TPSA) is 92.4 Å². The van der Waals surface area contributed by atoms with Gasteiger partial charge in [-0.25, -0.2) is 4.79 Å². The molecule has 0 saturated heterocycles. The van der Waals surface area contributed by atoms with Crippen LogP contribution in [0.5, 0.6) is 11.5 Å². The molecule has 0 aliphatic rings. The summed E-state index contributed by atoms with van der Waals surface area (Å²) in [5.74, 6) is 0.177. The smallest absolute Gasteiger partial charge is 0.337 e. The molecule has 0 aliphatic carbocycles. The van der Waals surface area contributed by atoms with E-state index in [1.807, 2.05) is 24.3 Å². The summed E-state index contributed by atoms with van der Waals surface area (Å²) < 4.78 is 10.9. The Kier molecular flexibility index (Phi) is 5.87. The van der Waals surface area contributed by atoms with Crippen LogP contribution in [0.15, 0.2) is 60.8 Å². The Morgan fingerprint density at radius 3 is 2.64 bits per heavy atom. The molecule has 0 amide bonds. The molecule has 3 rings (SSSR count). The van der Waals surface area contributed by atoms with Crippen LogP contribution in [0.2, 0.25) is 0 Å². The van der Waals surface area contributed by atoms with Crippen molar-refractivity contribution < 1.29 is 19.4 Å². The molecule has 0 bridgehead atoms. The number of rotatable bonds is 7. The maximum atomic E-state index is 11.4. The van der Waals surface area contributed by atoms with E-state index >= 15 is 0 Å². The number of hydrogen-bond acceptors (Lipinski definition) is 5. The lowest BCUT2D eigenvalue weighted by Gasteiger charge is -2.11. The van der Waals surface area contributed by atoms with Crippen molar-refractivity contribution in [3.8, 4) is 28.8 Å². The highest BCUT2D eigenvalue weighted by Crippen LogP contribution is 2.27. The largest absolute Gasteiger partial charge is 0.497 e. The van der Waals surface area contributed by atoms with Crippen LogP contribution in [0.25, 0.3) is 11.3 Å². The lowest BCUT2D eigenvalue weighted by Crippen LogP contribution is -2.04. The summed E-state index contributed by atoms with van der Waals surface area (Å²) in [6.45, 7) is 0.407. The predicted octanol–water partition coefficient (Wildman–Crippen LogP) is 3.95. The van der Waals surface area contributed by atoms with Gasteiger partial charge in [0.1, 0.15) is 17.6 Å². The van der Waals surface area contributed by atoms with Gasteiger partial charge in [0.2, 0.25) is 0 Å². The second-order valence-corrected chi connectivity index (χ2v) is 5.97. The average Bonchev–Trinajstić information content (AvgIpc) is 2.74. The predicted molar refractivity (Wildman–Crippen MR) is 104 cm³/mol. The number of pyridine rings is 1. The minimum Gasteiger partial charge on any atom is -0.497 e. The van der Waals surface area contributed by atoms with Crippen LogP contribution in [0, 0.1) is 11.3 Å². The third kappa shape index (κ3) is 4.27. The molecule has 2 aromatic carbocycles. The molecule has 1 N–H and O–H groups in total. The fourth-order valence-electron chi connectivity index (χ4n) is 2.77. The molecule has 140 valence electrons. The lowest BCUT2D eigenvalue weighted by atomic mass is 10.0. The Labute approximate surface area is 162 Å². The molecule has 0 atom stereocenters. The molecule has 6 nitrogen and oxygen atoms in total. The molecular formula is C22H18N2O4. The molecular weight excluding hydrogens is 356 g/mol. The van der Waals surface area contributed by atoms with Crippen molar-refractivity contribution in [3.05, 3.63) is 77.5 Å². The molecule has 0 fully saturated rings. The molecule has 0 radical (unpaired) electrons. The van der Waals surface area contributed by atoms with Gasteiger partial charge in [-0.1, -0.05) is 12.1 Å². The number of carboxylic acids is 1. The highest BCUT2D eigenvalue weighted by atomic mass is 16.5. The van der Waals surface area contributed by atoms with Crippen molar-refractivity contribution >= 4 is 5.97 Å². The third-order valence-corrected chi connectivity index (χ3v) is 4.22. The summed E-state index contributed by atoms with van der Waals surface area (Å²) >= 11 is 0. The number of methoxy groups -OCH3 is 1. The molecule has 0 spiro atoms. The number of nitriles is 1. The van der Waals surface area contributed by atoms with Gasteiger partial charge < -0.3 is 14.6 Å². The Bertz CT molecular complexity index is 1020. The van der Waals surface area contributed by atoms with Gasteiger partial charge in [-0.2, -0.15) is 5.26 Å². The van der Waals surface area contributed by atoms with E-state index < -0.39 is 5.97 Å². The summed E-state index contributed by atoms with van der Waals surface area (Å²) in [7, 11) is 1.62. The second-order valence-electron chi connectivity index (χ2n) is 5.97. The highest BCUT2D eigenvalue weighted by Gasteiger charge is 2.14. The summed E-state index contributed by atoms with van der Waals surface area (Å²) in [6, 6.07) is 17.8. The van der Waals surface area contributed by atoms with Crippen LogP contribution in [0.3, 0.4) is 0 Å². The number of nitrogens with zero attached hydrogens (tertiary/aromatic N) is 2. The molecule has 0 aliphatic heterocycles.